The van der Waals surface area contributed by atoms with Gasteiger partial charge in [0, 0.05) is 12.2 Å². The number of carboxylic acid groups (broad SMARTS) is 1. The van der Waals surface area contributed by atoms with Gasteiger partial charge in [0.15, 0.2) is 0 Å². The summed E-state index contributed by atoms with van der Waals surface area (Å²) in [6, 6.07) is 0. The van der Waals surface area contributed by atoms with Gasteiger partial charge in [-0.15, -0.1) is 0 Å². The molecule has 22 heavy (non-hydrogen) atoms. The predicted molar refractivity (Wildman–Crippen MR) is 84.9 cm³/mol. The molecule has 1 unspecified atom stereocenters. The Morgan fingerprint density at radius 1 is 1.36 bits per heavy atom. The first-order valence-electron chi connectivity index (χ1n) is 7.60. The average molecular weight is 309 g/mol. The van der Waals surface area contributed by atoms with Crippen LogP contribution >= 0.6 is 0 Å². The topological polar surface area (TPSA) is 84.2 Å². The molecule has 2 N–H and O–H groups in total. The second-order valence-electron chi connectivity index (χ2n) is 7.10. The van der Waals surface area contributed by atoms with E-state index in [1.165, 1.54) is 6.20 Å². The van der Waals surface area contributed by atoms with E-state index >= 15 is 0 Å². The van der Waals surface area contributed by atoms with E-state index in [9.17, 15) is 14.7 Å². The van der Waals surface area contributed by atoms with Gasteiger partial charge in [0.05, 0.1) is 23.2 Å². The van der Waals surface area contributed by atoms with Crippen LogP contribution in [0.1, 0.15) is 57.1 Å². The molecule has 0 aliphatic rings. The summed E-state index contributed by atoms with van der Waals surface area (Å²) < 4.78 is 1.80. The molecule has 1 heterocycles. The third-order valence-corrected chi connectivity index (χ3v) is 3.50. The van der Waals surface area contributed by atoms with Gasteiger partial charge >= 0.3 is 5.97 Å². The number of nitrogens with zero attached hydrogens (tertiary/aromatic N) is 2. The zero-order valence-corrected chi connectivity index (χ0v) is 14.3. The van der Waals surface area contributed by atoms with Crippen LogP contribution in [0.2, 0.25) is 0 Å². The first-order valence-corrected chi connectivity index (χ1v) is 7.60. The van der Waals surface area contributed by atoms with Gasteiger partial charge in [-0.2, -0.15) is 5.10 Å². The fourth-order valence-electron chi connectivity index (χ4n) is 2.46. The molecule has 1 aromatic heterocycles. The molecule has 0 aliphatic heterocycles. The molecule has 6 nitrogen and oxygen atoms in total. The number of hydrogen-bond donors (Lipinski definition) is 2. The number of carboxylic acids is 1. The molecule has 0 bridgehead atoms. The Morgan fingerprint density at radius 3 is 2.36 bits per heavy atom. The lowest BCUT2D eigenvalue weighted by Crippen LogP contribution is -2.34. The van der Waals surface area contributed by atoms with Crippen molar-refractivity contribution in [3.05, 3.63) is 17.5 Å². The van der Waals surface area contributed by atoms with Gasteiger partial charge in [0.1, 0.15) is 0 Å². The lowest BCUT2D eigenvalue weighted by molar-refractivity contribution is -0.142. The molecule has 1 amide bonds. The molecule has 0 saturated heterocycles. The molecular formula is C16H27N3O3. The molecule has 124 valence electrons. The first-order chi connectivity index (χ1) is 10.0. The number of nitrogens with one attached hydrogen (secondary N) is 1. The highest BCUT2D eigenvalue weighted by Crippen LogP contribution is 2.18. The highest BCUT2D eigenvalue weighted by molar-refractivity contribution is 5.95. The Kier molecular flexibility index (Phi) is 5.74. The van der Waals surface area contributed by atoms with Gasteiger partial charge in [-0.1, -0.05) is 13.8 Å². The summed E-state index contributed by atoms with van der Waals surface area (Å²) in [5.41, 5.74) is 1.06. The van der Waals surface area contributed by atoms with Crippen LogP contribution in [-0.2, 0) is 10.3 Å². The van der Waals surface area contributed by atoms with Crippen molar-refractivity contribution in [2.45, 2.75) is 53.5 Å². The summed E-state index contributed by atoms with van der Waals surface area (Å²) in [5, 5.41) is 16.2. The Labute approximate surface area is 131 Å². The third kappa shape index (κ3) is 4.58. The summed E-state index contributed by atoms with van der Waals surface area (Å²) in [5.74, 6) is -1.45. The van der Waals surface area contributed by atoms with Crippen molar-refractivity contribution in [2.24, 2.45) is 11.8 Å². The maximum atomic E-state index is 12.3. The van der Waals surface area contributed by atoms with Crippen LogP contribution < -0.4 is 5.32 Å². The Bertz CT molecular complexity index is 541. The van der Waals surface area contributed by atoms with Gasteiger partial charge in [-0.3, -0.25) is 14.3 Å². The zero-order chi connectivity index (χ0) is 17.1. The van der Waals surface area contributed by atoms with Crippen LogP contribution in [0, 0.1) is 18.8 Å². The fraction of sp³-hybridized carbons (Fsp3) is 0.688. The molecule has 1 atom stereocenters. The highest BCUT2D eigenvalue weighted by atomic mass is 16.4. The van der Waals surface area contributed by atoms with Crippen LogP contribution in [0.4, 0.5) is 0 Å². The van der Waals surface area contributed by atoms with Crippen molar-refractivity contribution in [2.75, 3.05) is 6.54 Å². The van der Waals surface area contributed by atoms with Crippen LogP contribution in [0.25, 0.3) is 0 Å². The molecule has 0 spiro atoms. The summed E-state index contributed by atoms with van der Waals surface area (Å²) in [6.07, 6.45) is 2.07. The van der Waals surface area contributed by atoms with Crippen molar-refractivity contribution in [1.29, 1.82) is 0 Å². The van der Waals surface area contributed by atoms with Crippen molar-refractivity contribution >= 4 is 11.9 Å². The SMILES string of the molecule is Cc1c(C(=O)NCC(CC(C)C)C(=O)O)cnn1C(C)(C)C. The van der Waals surface area contributed by atoms with E-state index in [0.717, 1.165) is 5.69 Å². The number of carbonyl (C=O) groups is 2. The van der Waals surface area contributed by atoms with Crippen molar-refractivity contribution in [1.82, 2.24) is 15.1 Å². The summed E-state index contributed by atoms with van der Waals surface area (Å²) in [4.78, 5) is 23.5. The van der Waals surface area contributed by atoms with E-state index in [1.807, 2.05) is 41.5 Å². The monoisotopic (exact) mass is 309 g/mol. The maximum absolute atomic E-state index is 12.3. The molecule has 0 aliphatic carbocycles. The molecule has 1 aromatic rings. The minimum absolute atomic E-state index is 0.131. The maximum Gasteiger partial charge on any atom is 0.308 e. The highest BCUT2D eigenvalue weighted by Gasteiger charge is 2.23. The standard InChI is InChI=1S/C16H27N3O3/c1-10(2)7-12(15(21)22)8-17-14(20)13-9-18-19(11(13)3)16(4,5)6/h9-10,12H,7-8H2,1-6H3,(H,17,20)(H,21,22). The van der Waals surface area contributed by atoms with Gasteiger partial charge in [0.2, 0.25) is 0 Å². The molecular weight excluding hydrogens is 282 g/mol. The number of amides is 1. The number of hydrogen-bond acceptors (Lipinski definition) is 3. The lowest BCUT2D eigenvalue weighted by Gasteiger charge is -2.21. The lowest BCUT2D eigenvalue weighted by atomic mass is 9.97. The Balaban J connectivity index is 2.77. The molecule has 0 saturated carbocycles. The predicted octanol–water partition coefficient (Wildman–Crippen LogP) is 2.42. The van der Waals surface area contributed by atoms with E-state index in [1.54, 1.807) is 4.68 Å². The van der Waals surface area contributed by atoms with E-state index in [-0.39, 0.29) is 23.9 Å². The van der Waals surface area contributed by atoms with E-state index in [0.29, 0.717) is 12.0 Å². The van der Waals surface area contributed by atoms with Crippen molar-refractivity contribution < 1.29 is 14.7 Å². The summed E-state index contributed by atoms with van der Waals surface area (Å²) >= 11 is 0. The number of aliphatic carboxylic acids is 1. The number of rotatable bonds is 6. The molecule has 0 fully saturated rings. The molecule has 1 rings (SSSR count). The third-order valence-electron chi connectivity index (χ3n) is 3.50. The smallest absolute Gasteiger partial charge is 0.308 e. The van der Waals surface area contributed by atoms with Gasteiger partial charge < -0.3 is 10.4 Å². The van der Waals surface area contributed by atoms with Crippen LogP contribution in [-0.4, -0.2) is 33.3 Å². The van der Waals surface area contributed by atoms with Crippen molar-refractivity contribution in [3.63, 3.8) is 0 Å². The molecule has 0 radical (unpaired) electrons. The van der Waals surface area contributed by atoms with E-state index < -0.39 is 11.9 Å². The quantitative estimate of drug-likeness (QED) is 0.845. The van der Waals surface area contributed by atoms with Gasteiger partial charge in [-0.25, -0.2) is 0 Å². The molecule has 0 aromatic carbocycles. The van der Waals surface area contributed by atoms with Gasteiger partial charge in [0.25, 0.3) is 5.91 Å². The largest absolute Gasteiger partial charge is 0.481 e. The van der Waals surface area contributed by atoms with Crippen LogP contribution in [0.3, 0.4) is 0 Å². The average Bonchev–Trinajstić information content (AvgIpc) is 2.75. The van der Waals surface area contributed by atoms with Crippen LogP contribution in [0.5, 0.6) is 0 Å². The van der Waals surface area contributed by atoms with E-state index in [4.69, 9.17) is 0 Å². The normalized spacial score (nSPS) is 13.2. The fourth-order valence-corrected chi connectivity index (χ4v) is 2.46. The minimum Gasteiger partial charge on any atom is -0.481 e. The van der Waals surface area contributed by atoms with Crippen LogP contribution in [0.15, 0.2) is 6.20 Å². The summed E-state index contributed by atoms with van der Waals surface area (Å²) in [6.45, 7) is 11.9. The summed E-state index contributed by atoms with van der Waals surface area (Å²) in [7, 11) is 0. The van der Waals surface area contributed by atoms with Gasteiger partial charge in [-0.05, 0) is 40.0 Å². The zero-order valence-electron chi connectivity index (χ0n) is 14.3. The number of carbonyl (C=O) groups excluding carboxylic acids is 1. The Hall–Kier alpha value is -1.85. The second-order valence-corrected chi connectivity index (χ2v) is 7.10. The minimum atomic E-state index is -0.879. The van der Waals surface area contributed by atoms with Crippen molar-refractivity contribution in [3.8, 4) is 0 Å². The molecule has 6 heteroatoms. The first kappa shape index (κ1) is 18.2. The van der Waals surface area contributed by atoms with E-state index in [2.05, 4.69) is 10.4 Å². The Morgan fingerprint density at radius 2 is 1.95 bits per heavy atom. The number of aromatic nitrogens is 2. The second kappa shape index (κ2) is 6.94.